The molecule has 1 atom stereocenters. The van der Waals surface area contributed by atoms with E-state index in [-0.39, 0.29) is 17.9 Å². The molecule has 1 fully saturated rings. The summed E-state index contributed by atoms with van der Waals surface area (Å²) in [5.41, 5.74) is 0. The fourth-order valence-electron chi connectivity index (χ4n) is 2.38. The standard InChI is InChI=1S/C13H25N3O3/c1-10(2)11(12(17)19-4)15(3)13(18)16-8-5-6-14-7-9-16/h10-11,14H,5-9H2,1-4H3/t11-/m0/s1. The van der Waals surface area contributed by atoms with E-state index < -0.39 is 6.04 Å². The number of nitrogens with one attached hydrogen (secondary N) is 1. The zero-order valence-electron chi connectivity index (χ0n) is 12.3. The molecule has 2 amide bonds. The molecule has 1 N–H and O–H groups in total. The maximum atomic E-state index is 12.4. The van der Waals surface area contributed by atoms with Gasteiger partial charge in [-0.15, -0.1) is 0 Å². The number of amides is 2. The Labute approximate surface area is 115 Å². The molecule has 19 heavy (non-hydrogen) atoms. The monoisotopic (exact) mass is 271 g/mol. The molecule has 1 aliphatic rings. The third kappa shape index (κ3) is 4.09. The molecule has 1 heterocycles. The van der Waals surface area contributed by atoms with Crippen LogP contribution in [0.25, 0.3) is 0 Å². The van der Waals surface area contributed by atoms with Gasteiger partial charge >= 0.3 is 12.0 Å². The molecule has 0 aliphatic carbocycles. The maximum Gasteiger partial charge on any atom is 0.328 e. The summed E-state index contributed by atoms with van der Waals surface area (Å²) >= 11 is 0. The van der Waals surface area contributed by atoms with Crippen LogP contribution in [-0.4, -0.2) is 68.2 Å². The van der Waals surface area contributed by atoms with Crippen LogP contribution in [0.3, 0.4) is 0 Å². The van der Waals surface area contributed by atoms with Crippen LogP contribution in [0, 0.1) is 5.92 Å². The molecule has 0 radical (unpaired) electrons. The fraction of sp³-hybridized carbons (Fsp3) is 0.846. The Morgan fingerprint density at radius 1 is 1.26 bits per heavy atom. The Kier molecular flexibility index (Phi) is 6.08. The largest absolute Gasteiger partial charge is 0.467 e. The minimum absolute atomic E-state index is 0.0199. The third-order valence-electron chi connectivity index (χ3n) is 3.40. The molecule has 1 aliphatic heterocycles. The predicted octanol–water partition coefficient (Wildman–Crippen LogP) is 0.531. The topological polar surface area (TPSA) is 61.9 Å². The number of esters is 1. The Hall–Kier alpha value is -1.30. The van der Waals surface area contributed by atoms with Crippen LogP contribution in [-0.2, 0) is 9.53 Å². The highest BCUT2D eigenvalue weighted by atomic mass is 16.5. The Balaban J connectivity index is 2.74. The van der Waals surface area contributed by atoms with E-state index in [1.54, 1.807) is 11.9 Å². The van der Waals surface area contributed by atoms with Crippen molar-refractivity contribution < 1.29 is 14.3 Å². The second-order valence-electron chi connectivity index (χ2n) is 5.20. The molecular weight excluding hydrogens is 246 g/mol. The summed E-state index contributed by atoms with van der Waals surface area (Å²) < 4.78 is 4.79. The molecule has 0 unspecified atom stereocenters. The highest BCUT2D eigenvalue weighted by Crippen LogP contribution is 2.13. The van der Waals surface area contributed by atoms with Gasteiger partial charge in [0.15, 0.2) is 0 Å². The van der Waals surface area contributed by atoms with Gasteiger partial charge < -0.3 is 19.9 Å². The average Bonchev–Trinajstić information content (AvgIpc) is 2.65. The van der Waals surface area contributed by atoms with Crippen molar-refractivity contribution in [3.05, 3.63) is 0 Å². The van der Waals surface area contributed by atoms with Crippen LogP contribution >= 0.6 is 0 Å². The van der Waals surface area contributed by atoms with Gasteiger partial charge in [0.25, 0.3) is 0 Å². The molecule has 0 aromatic heterocycles. The molecule has 0 saturated carbocycles. The number of carbonyl (C=O) groups excluding carboxylic acids is 2. The highest BCUT2D eigenvalue weighted by molar-refractivity contribution is 5.83. The lowest BCUT2D eigenvalue weighted by Gasteiger charge is -2.33. The second kappa shape index (κ2) is 7.33. The van der Waals surface area contributed by atoms with Gasteiger partial charge in [0.05, 0.1) is 7.11 Å². The van der Waals surface area contributed by atoms with Crippen LogP contribution in [0.5, 0.6) is 0 Å². The second-order valence-corrected chi connectivity index (χ2v) is 5.20. The van der Waals surface area contributed by atoms with Crippen molar-refractivity contribution in [3.8, 4) is 0 Å². The van der Waals surface area contributed by atoms with E-state index in [0.717, 1.165) is 26.1 Å². The lowest BCUT2D eigenvalue weighted by atomic mass is 10.0. The van der Waals surface area contributed by atoms with E-state index in [1.807, 2.05) is 13.8 Å². The smallest absolute Gasteiger partial charge is 0.328 e. The van der Waals surface area contributed by atoms with Crippen LogP contribution in [0.1, 0.15) is 20.3 Å². The van der Waals surface area contributed by atoms with E-state index in [1.165, 1.54) is 12.0 Å². The first-order chi connectivity index (χ1) is 8.99. The summed E-state index contributed by atoms with van der Waals surface area (Å²) in [7, 11) is 3.02. The van der Waals surface area contributed by atoms with Gasteiger partial charge in [0, 0.05) is 26.7 Å². The lowest BCUT2D eigenvalue weighted by Crippen LogP contribution is -2.52. The Bertz CT molecular complexity index is 312. The number of nitrogens with zero attached hydrogens (tertiary/aromatic N) is 2. The van der Waals surface area contributed by atoms with E-state index in [4.69, 9.17) is 4.74 Å². The molecule has 1 saturated heterocycles. The van der Waals surface area contributed by atoms with Crippen molar-refractivity contribution in [2.24, 2.45) is 5.92 Å². The number of likely N-dealkylation sites (N-methyl/N-ethyl adjacent to an activating group) is 1. The SMILES string of the molecule is COC(=O)[C@H](C(C)C)N(C)C(=O)N1CCCNCC1. The van der Waals surface area contributed by atoms with E-state index >= 15 is 0 Å². The number of hydrogen-bond acceptors (Lipinski definition) is 4. The molecule has 110 valence electrons. The first-order valence-electron chi connectivity index (χ1n) is 6.79. The number of methoxy groups -OCH3 is 1. The predicted molar refractivity (Wildman–Crippen MR) is 72.9 cm³/mol. The summed E-state index contributed by atoms with van der Waals surface area (Å²) in [6.45, 7) is 6.95. The maximum absolute atomic E-state index is 12.4. The summed E-state index contributed by atoms with van der Waals surface area (Å²) in [5.74, 6) is -0.342. The van der Waals surface area contributed by atoms with Crippen LogP contribution in [0.4, 0.5) is 4.79 Å². The van der Waals surface area contributed by atoms with Crippen molar-refractivity contribution in [2.75, 3.05) is 40.3 Å². The van der Waals surface area contributed by atoms with Crippen molar-refractivity contribution in [2.45, 2.75) is 26.3 Å². The molecule has 6 heteroatoms. The number of carbonyl (C=O) groups is 2. The molecule has 0 bridgehead atoms. The van der Waals surface area contributed by atoms with Gasteiger partial charge in [0.1, 0.15) is 6.04 Å². The van der Waals surface area contributed by atoms with Gasteiger partial charge in [0.2, 0.25) is 0 Å². The van der Waals surface area contributed by atoms with Gasteiger partial charge in [-0.05, 0) is 18.9 Å². The molecule has 6 nitrogen and oxygen atoms in total. The van der Waals surface area contributed by atoms with E-state index in [2.05, 4.69) is 5.32 Å². The minimum Gasteiger partial charge on any atom is -0.467 e. The quantitative estimate of drug-likeness (QED) is 0.761. The number of rotatable bonds is 3. The molecule has 0 aromatic rings. The van der Waals surface area contributed by atoms with Crippen molar-refractivity contribution in [1.82, 2.24) is 15.1 Å². The highest BCUT2D eigenvalue weighted by Gasteiger charge is 2.32. The van der Waals surface area contributed by atoms with Crippen LogP contribution < -0.4 is 5.32 Å². The summed E-state index contributed by atoms with van der Waals surface area (Å²) in [6.07, 6.45) is 0.935. The van der Waals surface area contributed by atoms with Crippen molar-refractivity contribution in [3.63, 3.8) is 0 Å². The first kappa shape index (κ1) is 15.8. The zero-order chi connectivity index (χ0) is 14.4. The van der Waals surface area contributed by atoms with Crippen molar-refractivity contribution >= 4 is 12.0 Å². The lowest BCUT2D eigenvalue weighted by molar-refractivity contribution is -0.147. The average molecular weight is 271 g/mol. The molecular formula is C13H25N3O3. The van der Waals surface area contributed by atoms with E-state index in [0.29, 0.717) is 6.54 Å². The molecule has 0 spiro atoms. The number of urea groups is 1. The zero-order valence-corrected chi connectivity index (χ0v) is 12.3. The van der Waals surface area contributed by atoms with Crippen LogP contribution in [0.15, 0.2) is 0 Å². The first-order valence-corrected chi connectivity index (χ1v) is 6.79. The third-order valence-corrected chi connectivity index (χ3v) is 3.40. The number of hydrogen-bond donors (Lipinski definition) is 1. The summed E-state index contributed by atoms with van der Waals surface area (Å²) in [6, 6.07) is -0.637. The van der Waals surface area contributed by atoms with Gasteiger partial charge in [-0.3, -0.25) is 0 Å². The Morgan fingerprint density at radius 2 is 1.95 bits per heavy atom. The molecule has 0 aromatic carbocycles. The summed E-state index contributed by atoms with van der Waals surface area (Å²) in [4.78, 5) is 27.5. The normalized spacial score (nSPS) is 17.8. The van der Waals surface area contributed by atoms with Gasteiger partial charge in [-0.1, -0.05) is 13.8 Å². The number of ether oxygens (including phenoxy) is 1. The van der Waals surface area contributed by atoms with Gasteiger partial charge in [-0.25, -0.2) is 9.59 Å². The van der Waals surface area contributed by atoms with Gasteiger partial charge in [-0.2, -0.15) is 0 Å². The van der Waals surface area contributed by atoms with Crippen LogP contribution in [0.2, 0.25) is 0 Å². The Morgan fingerprint density at radius 3 is 2.53 bits per heavy atom. The van der Waals surface area contributed by atoms with Crippen molar-refractivity contribution in [1.29, 1.82) is 0 Å². The fourth-order valence-corrected chi connectivity index (χ4v) is 2.38. The summed E-state index contributed by atoms with van der Waals surface area (Å²) in [5, 5.41) is 3.25. The minimum atomic E-state index is -0.534. The van der Waals surface area contributed by atoms with E-state index in [9.17, 15) is 9.59 Å². The molecule has 1 rings (SSSR count).